The van der Waals surface area contributed by atoms with Crippen LogP contribution in [0.4, 0.5) is 5.69 Å². The number of hydrogen-bond donors (Lipinski definition) is 2. The molecule has 0 saturated carbocycles. The number of fused-ring (bicyclic) bond motifs is 1. The number of aromatic nitrogens is 2. The number of nitrogens with two attached hydrogens (primary N) is 1. The third-order valence-electron chi connectivity index (χ3n) is 6.10. The maximum atomic E-state index is 13.2. The Morgan fingerprint density at radius 3 is 2.41 bits per heavy atom. The molecule has 0 saturated heterocycles. The van der Waals surface area contributed by atoms with E-state index < -0.39 is 17.9 Å². The van der Waals surface area contributed by atoms with E-state index in [1.54, 1.807) is 36.7 Å². The predicted molar refractivity (Wildman–Crippen MR) is 125 cm³/mol. The second-order valence-corrected chi connectivity index (χ2v) is 7.78. The van der Waals surface area contributed by atoms with Gasteiger partial charge in [0.25, 0.3) is 0 Å². The Morgan fingerprint density at radius 1 is 1.12 bits per heavy atom. The highest BCUT2D eigenvalue weighted by atomic mass is 16.5. The SMILES string of the molecule is COC(=O)C1=C(C(=O)OC)N(c2cc3[nH]cnc3c(C)c2C)C(N)=C(C#N)C1c1ccccc1. The number of allylic oxidation sites excluding steroid dienone is 1. The van der Waals surface area contributed by atoms with E-state index in [9.17, 15) is 14.9 Å². The zero-order valence-electron chi connectivity index (χ0n) is 19.2. The molecule has 0 spiro atoms. The first kappa shape index (κ1) is 22.6. The number of benzene rings is 2. The van der Waals surface area contributed by atoms with Crippen molar-refractivity contribution in [3.05, 3.63) is 82.1 Å². The van der Waals surface area contributed by atoms with Gasteiger partial charge in [-0.3, -0.25) is 4.90 Å². The molecule has 3 N–H and O–H groups in total. The molecule has 172 valence electrons. The molecule has 1 aliphatic heterocycles. The molecule has 1 atom stereocenters. The Bertz CT molecular complexity index is 1410. The fourth-order valence-corrected chi connectivity index (χ4v) is 4.32. The minimum absolute atomic E-state index is 0.0192. The fraction of sp³-hybridized carbons (Fsp3) is 0.200. The van der Waals surface area contributed by atoms with E-state index in [2.05, 4.69) is 16.0 Å². The van der Waals surface area contributed by atoms with Crippen molar-refractivity contribution >= 4 is 28.7 Å². The third-order valence-corrected chi connectivity index (χ3v) is 6.10. The second kappa shape index (κ2) is 8.75. The van der Waals surface area contributed by atoms with Crippen LogP contribution in [0.2, 0.25) is 0 Å². The van der Waals surface area contributed by atoms with Crippen LogP contribution in [0.3, 0.4) is 0 Å². The number of aromatic amines is 1. The summed E-state index contributed by atoms with van der Waals surface area (Å²) in [6.07, 6.45) is 1.57. The summed E-state index contributed by atoms with van der Waals surface area (Å²) < 4.78 is 10.2. The average molecular weight is 457 g/mol. The summed E-state index contributed by atoms with van der Waals surface area (Å²) in [5.41, 5.74) is 10.8. The molecule has 0 radical (unpaired) electrons. The van der Waals surface area contributed by atoms with Gasteiger partial charge >= 0.3 is 11.9 Å². The number of carbonyl (C=O) groups is 2. The van der Waals surface area contributed by atoms with Gasteiger partial charge in [0.05, 0.1) is 60.4 Å². The fourth-order valence-electron chi connectivity index (χ4n) is 4.32. The Kier molecular flexibility index (Phi) is 5.82. The van der Waals surface area contributed by atoms with Gasteiger partial charge in [0, 0.05) is 0 Å². The van der Waals surface area contributed by atoms with E-state index in [1.807, 2.05) is 19.9 Å². The van der Waals surface area contributed by atoms with E-state index in [4.69, 9.17) is 15.2 Å². The molecule has 1 aromatic heterocycles. The molecule has 3 aromatic rings. The van der Waals surface area contributed by atoms with Crippen molar-refractivity contribution in [1.82, 2.24) is 9.97 Å². The molecule has 0 fully saturated rings. The first-order chi connectivity index (χ1) is 16.3. The molecule has 2 heterocycles. The van der Waals surface area contributed by atoms with E-state index in [0.717, 1.165) is 16.6 Å². The summed E-state index contributed by atoms with van der Waals surface area (Å²) in [5.74, 6) is -2.45. The molecule has 2 aromatic carbocycles. The van der Waals surface area contributed by atoms with Crippen LogP contribution >= 0.6 is 0 Å². The van der Waals surface area contributed by atoms with Crippen molar-refractivity contribution in [1.29, 1.82) is 5.26 Å². The molecule has 9 nitrogen and oxygen atoms in total. The molecular weight excluding hydrogens is 434 g/mol. The smallest absolute Gasteiger partial charge is 0.355 e. The summed E-state index contributed by atoms with van der Waals surface area (Å²) in [6, 6.07) is 12.8. The van der Waals surface area contributed by atoms with Crippen LogP contribution < -0.4 is 10.6 Å². The van der Waals surface area contributed by atoms with Crippen molar-refractivity contribution in [2.75, 3.05) is 19.1 Å². The van der Waals surface area contributed by atoms with E-state index in [-0.39, 0.29) is 22.7 Å². The largest absolute Gasteiger partial charge is 0.466 e. The number of aryl methyl sites for hydroxylation is 1. The van der Waals surface area contributed by atoms with E-state index in [1.165, 1.54) is 19.1 Å². The molecule has 34 heavy (non-hydrogen) atoms. The number of nitriles is 1. The van der Waals surface area contributed by atoms with Crippen molar-refractivity contribution in [2.24, 2.45) is 5.73 Å². The molecule has 9 heteroatoms. The minimum atomic E-state index is -0.915. The average Bonchev–Trinajstić information content (AvgIpc) is 3.34. The number of imidazole rings is 1. The first-order valence-corrected chi connectivity index (χ1v) is 10.4. The zero-order chi connectivity index (χ0) is 24.6. The van der Waals surface area contributed by atoms with Gasteiger partial charge in [-0.15, -0.1) is 0 Å². The molecule has 1 aliphatic rings. The van der Waals surface area contributed by atoms with Gasteiger partial charge < -0.3 is 20.2 Å². The molecule has 0 bridgehead atoms. The van der Waals surface area contributed by atoms with Crippen molar-refractivity contribution in [3.63, 3.8) is 0 Å². The maximum absolute atomic E-state index is 13.2. The van der Waals surface area contributed by atoms with E-state index in [0.29, 0.717) is 16.8 Å². The standard InChI is InChI=1S/C25H23N5O4/c1-13-14(2)21-17(28-12-29-21)10-18(13)30-22(25(32)34-4)20(24(31)33-3)19(16(11-26)23(30)27)15-8-6-5-7-9-15/h5-10,12,19H,27H2,1-4H3,(H,28,29). The third kappa shape index (κ3) is 3.36. The molecular formula is C25H23N5O4. The second-order valence-electron chi connectivity index (χ2n) is 7.78. The van der Waals surface area contributed by atoms with Crippen LogP contribution in [0.1, 0.15) is 22.6 Å². The predicted octanol–water partition coefficient (Wildman–Crippen LogP) is 3.08. The minimum Gasteiger partial charge on any atom is -0.466 e. The highest BCUT2D eigenvalue weighted by Gasteiger charge is 2.43. The lowest BCUT2D eigenvalue weighted by atomic mass is 9.80. The number of carbonyl (C=O) groups excluding carboxylic acids is 2. The number of methoxy groups -OCH3 is 2. The molecule has 1 unspecified atom stereocenters. The topological polar surface area (TPSA) is 134 Å². The first-order valence-electron chi connectivity index (χ1n) is 10.4. The van der Waals surface area contributed by atoms with Crippen LogP contribution in [0.5, 0.6) is 0 Å². The summed E-state index contributed by atoms with van der Waals surface area (Å²) in [5, 5.41) is 10.2. The Hall–Kier alpha value is -4.58. The van der Waals surface area contributed by atoms with Gasteiger partial charge in [0.2, 0.25) is 0 Å². The summed E-state index contributed by atoms with van der Waals surface area (Å²) >= 11 is 0. The van der Waals surface area contributed by atoms with Crippen LogP contribution in [0, 0.1) is 25.2 Å². The summed E-state index contributed by atoms with van der Waals surface area (Å²) in [6.45, 7) is 3.75. The highest BCUT2D eigenvalue weighted by molar-refractivity contribution is 6.07. The number of anilines is 1. The summed E-state index contributed by atoms with van der Waals surface area (Å²) in [4.78, 5) is 35.2. The van der Waals surface area contributed by atoms with Gasteiger partial charge in [-0.1, -0.05) is 30.3 Å². The number of H-pyrrole nitrogens is 1. The number of ether oxygens (including phenoxy) is 2. The van der Waals surface area contributed by atoms with Crippen LogP contribution in [0.15, 0.2) is 65.4 Å². The maximum Gasteiger partial charge on any atom is 0.355 e. The number of nitrogens with zero attached hydrogens (tertiary/aromatic N) is 3. The van der Waals surface area contributed by atoms with Crippen molar-refractivity contribution in [3.8, 4) is 6.07 Å². The lowest BCUT2D eigenvalue weighted by molar-refractivity contribution is -0.139. The molecule has 4 rings (SSSR count). The van der Waals surface area contributed by atoms with Crippen LogP contribution in [0.25, 0.3) is 11.0 Å². The Labute approximate surface area is 196 Å². The highest BCUT2D eigenvalue weighted by Crippen LogP contribution is 2.44. The van der Waals surface area contributed by atoms with Crippen LogP contribution in [-0.4, -0.2) is 36.1 Å². The molecule has 0 aliphatic carbocycles. The number of nitrogens with one attached hydrogen (secondary N) is 1. The number of esters is 2. The van der Waals surface area contributed by atoms with Crippen LogP contribution in [-0.2, 0) is 19.1 Å². The normalized spacial score (nSPS) is 16.0. The zero-order valence-corrected chi connectivity index (χ0v) is 19.2. The summed E-state index contributed by atoms with van der Waals surface area (Å²) in [7, 11) is 2.44. The monoisotopic (exact) mass is 457 g/mol. The lowest BCUT2D eigenvalue weighted by Crippen LogP contribution is -2.41. The Balaban J connectivity index is 2.12. The van der Waals surface area contributed by atoms with Crippen molar-refractivity contribution < 1.29 is 19.1 Å². The quantitative estimate of drug-likeness (QED) is 0.571. The lowest BCUT2D eigenvalue weighted by Gasteiger charge is -2.36. The van der Waals surface area contributed by atoms with E-state index >= 15 is 0 Å². The number of hydrogen-bond acceptors (Lipinski definition) is 8. The van der Waals surface area contributed by atoms with Gasteiger partial charge in [-0.2, -0.15) is 5.26 Å². The Morgan fingerprint density at radius 2 is 1.79 bits per heavy atom. The van der Waals surface area contributed by atoms with Gasteiger partial charge in [-0.05, 0) is 36.6 Å². The number of rotatable bonds is 4. The van der Waals surface area contributed by atoms with Gasteiger partial charge in [0.1, 0.15) is 11.5 Å². The van der Waals surface area contributed by atoms with Gasteiger partial charge in [0.15, 0.2) is 0 Å². The van der Waals surface area contributed by atoms with Crippen molar-refractivity contribution in [2.45, 2.75) is 19.8 Å². The molecule has 0 amide bonds. The van der Waals surface area contributed by atoms with Gasteiger partial charge in [-0.25, -0.2) is 14.6 Å².